The Bertz CT molecular complexity index is 525. The van der Waals surface area contributed by atoms with Crippen LogP contribution in [0.1, 0.15) is 24.2 Å². The lowest BCUT2D eigenvalue weighted by molar-refractivity contribution is 0.284. The molecule has 0 saturated heterocycles. The summed E-state index contributed by atoms with van der Waals surface area (Å²) in [6.07, 6.45) is 2.54. The molecule has 1 aromatic heterocycles. The normalized spacial score (nSPS) is 10.5. The van der Waals surface area contributed by atoms with E-state index in [9.17, 15) is 0 Å². The van der Waals surface area contributed by atoms with Crippen LogP contribution in [0.4, 0.5) is 0 Å². The van der Waals surface area contributed by atoms with E-state index in [-0.39, 0.29) is 6.61 Å². The molecule has 2 rings (SSSR count). The standard InChI is InChI=1S/C12H13N3O/c13-8-9-4-5-10-11(7-9)15-12(14-10)3-1-2-6-16/h4-5,7,16H,1-3,6H2,(H,14,15). The van der Waals surface area contributed by atoms with Gasteiger partial charge in [-0.3, -0.25) is 0 Å². The fourth-order valence-electron chi connectivity index (χ4n) is 1.65. The Balaban J connectivity index is 2.20. The molecule has 0 aliphatic heterocycles. The molecule has 0 fully saturated rings. The molecule has 0 aliphatic rings. The summed E-state index contributed by atoms with van der Waals surface area (Å²) in [5, 5.41) is 17.5. The van der Waals surface area contributed by atoms with Crippen LogP contribution >= 0.6 is 0 Å². The van der Waals surface area contributed by atoms with Crippen molar-refractivity contribution in [3.8, 4) is 6.07 Å². The first-order valence-corrected chi connectivity index (χ1v) is 5.33. The average molecular weight is 215 g/mol. The van der Waals surface area contributed by atoms with E-state index in [4.69, 9.17) is 10.4 Å². The first kappa shape index (κ1) is 10.7. The number of H-pyrrole nitrogens is 1. The first-order chi connectivity index (χ1) is 7.83. The number of nitriles is 1. The number of imidazole rings is 1. The first-order valence-electron chi connectivity index (χ1n) is 5.33. The van der Waals surface area contributed by atoms with Crippen molar-refractivity contribution in [1.29, 1.82) is 5.26 Å². The zero-order valence-electron chi connectivity index (χ0n) is 8.90. The summed E-state index contributed by atoms with van der Waals surface area (Å²) in [4.78, 5) is 7.60. The summed E-state index contributed by atoms with van der Waals surface area (Å²) in [5.74, 6) is 0.915. The molecule has 0 saturated carbocycles. The number of hydrogen-bond acceptors (Lipinski definition) is 3. The second-order valence-electron chi connectivity index (χ2n) is 3.71. The lowest BCUT2D eigenvalue weighted by Gasteiger charge is -1.93. The van der Waals surface area contributed by atoms with Gasteiger partial charge in [0, 0.05) is 13.0 Å². The van der Waals surface area contributed by atoms with E-state index in [2.05, 4.69) is 16.0 Å². The molecule has 1 aromatic carbocycles. The van der Waals surface area contributed by atoms with Crippen LogP contribution in [0, 0.1) is 11.3 Å². The van der Waals surface area contributed by atoms with Crippen molar-refractivity contribution in [2.45, 2.75) is 19.3 Å². The Hall–Kier alpha value is -1.86. The summed E-state index contributed by atoms with van der Waals surface area (Å²) in [5.41, 5.74) is 2.43. The molecule has 4 nitrogen and oxygen atoms in total. The summed E-state index contributed by atoms with van der Waals surface area (Å²) in [7, 11) is 0. The molecule has 2 aromatic rings. The Morgan fingerprint density at radius 3 is 3.00 bits per heavy atom. The Morgan fingerprint density at radius 1 is 1.38 bits per heavy atom. The van der Waals surface area contributed by atoms with Crippen molar-refractivity contribution in [3.05, 3.63) is 29.6 Å². The number of hydrogen-bond donors (Lipinski definition) is 2. The fraction of sp³-hybridized carbons (Fsp3) is 0.333. The summed E-state index contributed by atoms with van der Waals surface area (Å²) in [6, 6.07) is 7.51. The number of nitrogens with zero attached hydrogens (tertiary/aromatic N) is 2. The van der Waals surface area contributed by atoms with Gasteiger partial charge in [-0.1, -0.05) is 0 Å². The van der Waals surface area contributed by atoms with Crippen LogP contribution in [0.5, 0.6) is 0 Å². The van der Waals surface area contributed by atoms with Crippen molar-refractivity contribution in [3.63, 3.8) is 0 Å². The molecule has 0 radical (unpaired) electrons. The van der Waals surface area contributed by atoms with E-state index in [1.54, 1.807) is 12.1 Å². The van der Waals surface area contributed by atoms with Crippen LogP contribution < -0.4 is 0 Å². The molecule has 82 valence electrons. The Kier molecular flexibility index (Phi) is 3.18. The van der Waals surface area contributed by atoms with E-state index in [0.717, 1.165) is 36.1 Å². The molecule has 2 N–H and O–H groups in total. The molecule has 0 unspecified atom stereocenters. The molecule has 16 heavy (non-hydrogen) atoms. The molecule has 4 heteroatoms. The maximum absolute atomic E-state index is 8.77. The fourth-order valence-corrected chi connectivity index (χ4v) is 1.65. The summed E-state index contributed by atoms with van der Waals surface area (Å²) in [6.45, 7) is 0.221. The monoisotopic (exact) mass is 215 g/mol. The quantitative estimate of drug-likeness (QED) is 0.763. The van der Waals surface area contributed by atoms with Gasteiger partial charge in [0.2, 0.25) is 0 Å². The second-order valence-corrected chi connectivity index (χ2v) is 3.71. The van der Waals surface area contributed by atoms with E-state index in [1.807, 2.05) is 6.07 Å². The SMILES string of the molecule is N#Cc1ccc2nc(CCCCO)[nH]c2c1. The van der Waals surface area contributed by atoms with Crippen molar-refractivity contribution in [1.82, 2.24) is 9.97 Å². The number of nitrogens with one attached hydrogen (secondary N) is 1. The third kappa shape index (κ3) is 2.20. The lowest BCUT2D eigenvalue weighted by Crippen LogP contribution is -1.90. The average Bonchev–Trinajstić information content (AvgIpc) is 2.70. The Labute approximate surface area is 93.6 Å². The maximum atomic E-state index is 8.77. The van der Waals surface area contributed by atoms with Gasteiger partial charge in [-0.05, 0) is 31.0 Å². The lowest BCUT2D eigenvalue weighted by atomic mass is 10.2. The predicted octanol–water partition coefficient (Wildman–Crippen LogP) is 1.75. The van der Waals surface area contributed by atoms with Gasteiger partial charge >= 0.3 is 0 Å². The minimum atomic E-state index is 0.221. The highest BCUT2D eigenvalue weighted by Crippen LogP contribution is 2.14. The number of aliphatic hydroxyl groups excluding tert-OH is 1. The zero-order valence-corrected chi connectivity index (χ0v) is 8.90. The molecule has 0 bridgehead atoms. The largest absolute Gasteiger partial charge is 0.396 e. The molecule has 0 atom stereocenters. The highest BCUT2D eigenvalue weighted by Gasteiger charge is 2.03. The topological polar surface area (TPSA) is 72.7 Å². The van der Waals surface area contributed by atoms with Gasteiger partial charge in [0.05, 0.1) is 22.7 Å². The predicted molar refractivity (Wildman–Crippen MR) is 60.8 cm³/mol. The number of fused-ring (bicyclic) bond motifs is 1. The number of aliphatic hydroxyl groups is 1. The van der Waals surface area contributed by atoms with Gasteiger partial charge in [0.1, 0.15) is 5.82 Å². The molecule has 0 aliphatic carbocycles. The van der Waals surface area contributed by atoms with E-state index in [1.165, 1.54) is 0 Å². The third-order valence-electron chi connectivity index (χ3n) is 2.48. The van der Waals surface area contributed by atoms with Crippen LogP contribution in [0.2, 0.25) is 0 Å². The number of unbranched alkanes of at least 4 members (excludes halogenated alkanes) is 1. The molecular weight excluding hydrogens is 202 g/mol. The number of aromatic amines is 1. The number of aryl methyl sites for hydroxylation is 1. The van der Waals surface area contributed by atoms with Crippen LogP contribution in [0.15, 0.2) is 18.2 Å². The molecule has 1 heterocycles. The van der Waals surface area contributed by atoms with E-state index in [0.29, 0.717) is 5.56 Å². The Morgan fingerprint density at radius 2 is 2.25 bits per heavy atom. The molecule has 0 amide bonds. The van der Waals surface area contributed by atoms with Gasteiger partial charge in [-0.25, -0.2) is 4.98 Å². The van der Waals surface area contributed by atoms with Crippen molar-refractivity contribution in [2.75, 3.05) is 6.61 Å². The minimum Gasteiger partial charge on any atom is -0.396 e. The van der Waals surface area contributed by atoms with Gasteiger partial charge in [-0.15, -0.1) is 0 Å². The van der Waals surface area contributed by atoms with Crippen molar-refractivity contribution < 1.29 is 5.11 Å². The molecule has 0 spiro atoms. The smallest absolute Gasteiger partial charge is 0.107 e. The van der Waals surface area contributed by atoms with Gasteiger partial charge in [-0.2, -0.15) is 5.26 Å². The zero-order chi connectivity index (χ0) is 11.4. The minimum absolute atomic E-state index is 0.221. The number of aromatic nitrogens is 2. The van der Waals surface area contributed by atoms with Crippen molar-refractivity contribution >= 4 is 11.0 Å². The van der Waals surface area contributed by atoms with Crippen LogP contribution in [-0.4, -0.2) is 21.7 Å². The highest BCUT2D eigenvalue weighted by molar-refractivity contribution is 5.76. The second kappa shape index (κ2) is 4.77. The number of rotatable bonds is 4. The van der Waals surface area contributed by atoms with Gasteiger partial charge in [0.25, 0.3) is 0 Å². The van der Waals surface area contributed by atoms with Crippen LogP contribution in [0.3, 0.4) is 0 Å². The molecular formula is C12H13N3O. The van der Waals surface area contributed by atoms with E-state index >= 15 is 0 Å². The summed E-state index contributed by atoms with van der Waals surface area (Å²) < 4.78 is 0. The number of benzene rings is 1. The van der Waals surface area contributed by atoms with Crippen molar-refractivity contribution in [2.24, 2.45) is 0 Å². The van der Waals surface area contributed by atoms with Crippen LogP contribution in [0.25, 0.3) is 11.0 Å². The van der Waals surface area contributed by atoms with Gasteiger partial charge in [0.15, 0.2) is 0 Å². The van der Waals surface area contributed by atoms with Crippen LogP contribution in [-0.2, 0) is 6.42 Å². The highest BCUT2D eigenvalue weighted by atomic mass is 16.2. The maximum Gasteiger partial charge on any atom is 0.107 e. The summed E-state index contributed by atoms with van der Waals surface area (Å²) >= 11 is 0. The van der Waals surface area contributed by atoms with E-state index < -0.39 is 0 Å². The van der Waals surface area contributed by atoms with Gasteiger partial charge < -0.3 is 10.1 Å². The third-order valence-corrected chi connectivity index (χ3v) is 2.48.